The third-order valence-corrected chi connectivity index (χ3v) is 5.26. The van der Waals surface area contributed by atoms with Crippen LogP contribution >= 0.6 is 0 Å². The Hall–Kier alpha value is -2.08. The molecule has 1 fully saturated rings. The zero-order valence-corrected chi connectivity index (χ0v) is 19.6. The number of hydrogen-bond donors (Lipinski definition) is 1. The average Bonchev–Trinajstić information content (AvgIpc) is 3.23. The minimum absolute atomic E-state index is 0. The van der Waals surface area contributed by atoms with E-state index < -0.39 is 5.97 Å². The van der Waals surface area contributed by atoms with Crippen LogP contribution in [0.1, 0.15) is 49.7 Å². The van der Waals surface area contributed by atoms with Gasteiger partial charge in [0, 0.05) is 6.42 Å². The Morgan fingerprint density at radius 3 is 2.40 bits per heavy atom. The molecule has 1 aliphatic carbocycles. The van der Waals surface area contributed by atoms with Gasteiger partial charge in [0.2, 0.25) is 5.91 Å². The summed E-state index contributed by atoms with van der Waals surface area (Å²) < 4.78 is 5.84. The van der Waals surface area contributed by atoms with E-state index in [-0.39, 0.29) is 41.2 Å². The Labute approximate surface area is 199 Å². The van der Waals surface area contributed by atoms with Gasteiger partial charge in [-0.2, -0.15) is 0 Å². The smallest absolute Gasteiger partial charge is 0.543 e. The number of carboxylic acid groups (broad SMARTS) is 1. The molecule has 6 heteroatoms. The molecule has 1 saturated carbocycles. The number of amides is 1. The Bertz CT molecular complexity index is 886. The van der Waals surface area contributed by atoms with Crippen LogP contribution < -0.4 is 44.7 Å². The third kappa shape index (κ3) is 7.31. The van der Waals surface area contributed by atoms with Gasteiger partial charge in [-0.25, -0.2) is 0 Å². The van der Waals surface area contributed by atoms with Crippen LogP contribution in [0.3, 0.4) is 0 Å². The maximum Gasteiger partial charge on any atom is 1.00 e. The Morgan fingerprint density at radius 2 is 1.77 bits per heavy atom. The van der Waals surface area contributed by atoms with Gasteiger partial charge in [-0.1, -0.05) is 56.0 Å². The molecule has 1 aliphatic rings. The van der Waals surface area contributed by atoms with Crippen LogP contribution in [0.5, 0.6) is 11.5 Å². The first kappa shape index (κ1) is 24.2. The molecule has 0 atom stereocenters. The minimum atomic E-state index is -1.40. The molecule has 0 saturated heterocycles. The summed E-state index contributed by atoms with van der Waals surface area (Å²) in [5.41, 5.74) is 1.43. The normalized spacial score (nSPS) is 14.1. The standard InChI is InChI=1S/C24H27NO4.Na/c1-17-6-2-5-9-22(17)29-20-13-10-19(11-14-20)16-21(24(27)28)25-23(26)15-12-18-7-3-4-8-18;/h2,5-6,9-11,13-14,16,18H,3-4,7-8,12,15H2,1H3,(H,25,26)(H,27,28);/q;+1/p-1/b21-16-;. The van der Waals surface area contributed by atoms with Crippen molar-refractivity contribution in [3.63, 3.8) is 0 Å². The van der Waals surface area contributed by atoms with E-state index in [9.17, 15) is 14.7 Å². The van der Waals surface area contributed by atoms with Crippen molar-refractivity contribution in [1.82, 2.24) is 5.32 Å². The van der Waals surface area contributed by atoms with Crippen molar-refractivity contribution in [2.45, 2.75) is 45.4 Å². The second-order valence-electron chi connectivity index (χ2n) is 7.52. The van der Waals surface area contributed by atoms with Crippen molar-refractivity contribution in [2.24, 2.45) is 5.92 Å². The van der Waals surface area contributed by atoms with E-state index >= 15 is 0 Å². The van der Waals surface area contributed by atoms with Crippen molar-refractivity contribution in [2.75, 3.05) is 0 Å². The number of carbonyl (C=O) groups excluding carboxylic acids is 2. The Kier molecular flexibility index (Phi) is 9.63. The molecule has 0 bridgehead atoms. The number of para-hydroxylation sites is 1. The zero-order valence-electron chi connectivity index (χ0n) is 17.6. The molecule has 0 aliphatic heterocycles. The molecule has 3 rings (SSSR count). The molecule has 0 spiro atoms. The predicted octanol–water partition coefficient (Wildman–Crippen LogP) is 0.969. The van der Waals surface area contributed by atoms with Gasteiger partial charge in [0.05, 0.1) is 11.7 Å². The summed E-state index contributed by atoms with van der Waals surface area (Å²) in [5, 5.41) is 13.9. The summed E-state index contributed by atoms with van der Waals surface area (Å²) in [6.07, 6.45) is 7.30. The number of benzene rings is 2. The van der Waals surface area contributed by atoms with Gasteiger partial charge in [-0.05, 0) is 54.7 Å². The maximum absolute atomic E-state index is 12.1. The topological polar surface area (TPSA) is 78.5 Å². The van der Waals surface area contributed by atoms with E-state index in [1.54, 1.807) is 24.3 Å². The molecular weight excluding hydrogens is 389 g/mol. The molecule has 5 nitrogen and oxygen atoms in total. The molecule has 2 aromatic carbocycles. The zero-order chi connectivity index (χ0) is 20.6. The molecule has 0 unspecified atom stereocenters. The number of hydrogen-bond acceptors (Lipinski definition) is 4. The largest absolute Gasteiger partial charge is 1.00 e. The number of carbonyl (C=O) groups is 2. The number of carboxylic acids is 1. The van der Waals surface area contributed by atoms with Crippen LogP contribution in [0.2, 0.25) is 0 Å². The van der Waals surface area contributed by atoms with E-state index in [0.29, 0.717) is 23.7 Å². The number of ether oxygens (including phenoxy) is 1. The molecule has 30 heavy (non-hydrogen) atoms. The summed E-state index contributed by atoms with van der Waals surface area (Å²) in [4.78, 5) is 23.6. The van der Waals surface area contributed by atoms with E-state index in [0.717, 1.165) is 30.6 Å². The van der Waals surface area contributed by atoms with Crippen molar-refractivity contribution < 1.29 is 49.0 Å². The second kappa shape index (κ2) is 11.9. The SMILES string of the molecule is Cc1ccccc1Oc1ccc(/C=C(\NC(=O)CCC2CCCC2)C(=O)[O-])cc1.[Na+]. The number of rotatable bonds is 8. The molecule has 152 valence electrons. The fraction of sp³-hybridized carbons (Fsp3) is 0.333. The van der Waals surface area contributed by atoms with Crippen molar-refractivity contribution in [1.29, 1.82) is 0 Å². The van der Waals surface area contributed by atoms with E-state index in [4.69, 9.17) is 4.74 Å². The Morgan fingerprint density at radius 1 is 1.10 bits per heavy atom. The van der Waals surface area contributed by atoms with Gasteiger partial charge in [-0.3, -0.25) is 4.79 Å². The molecule has 2 aromatic rings. The molecular formula is C24H26NNaO4. The molecule has 0 radical (unpaired) electrons. The summed E-state index contributed by atoms with van der Waals surface area (Å²) in [6.45, 7) is 1.97. The predicted molar refractivity (Wildman–Crippen MR) is 110 cm³/mol. The second-order valence-corrected chi connectivity index (χ2v) is 7.52. The third-order valence-electron chi connectivity index (χ3n) is 5.26. The van der Waals surface area contributed by atoms with Crippen LogP contribution in [-0.2, 0) is 9.59 Å². The van der Waals surface area contributed by atoms with Crippen molar-refractivity contribution in [3.05, 3.63) is 65.4 Å². The van der Waals surface area contributed by atoms with Gasteiger partial charge in [0.15, 0.2) is 0 Å². The monoisotopic (exact) mass is 415 g/mol. The van der Waals surface area contributed by atoms with E-state index in [1.807, 2.05) is 31.2 Å². The minimum Gasteiger partial charge on any atom is -0.543 e. The molecule has 1 N–H and O–H groups in total. The fourth-order valence-corrected chi connectivity index (χ4v) is 3.59. The van der Waals surface area contributed by atoms with Crippen LogP contribution in [-0.4, -0.2) is 11.9 Å². The number of nitrogens with one attached hydrogen (secondary N) is 1. The number of aliphatic carboxylic acids is 1. The molecule has 0 heterocycles. The summed E-state index contributed by atoms with van der Waals surface area (Å²) in [6, 6.07) is 14.7. The first-order valence-corrected chi connectivity index (χ1v) is 10.1. The van der Waals surface area contributed by atoms with Gasteiger partial charge >= 0.3 is 29.6 Å². The average molecular weight is 415 g/mol. The summed E-state index contributed by atoms with van der Waals surface area (Å²) >= 11 is 0. The first-order valence-electron chi connectivity index (χ1n) is 10.1. The summed E-state index contributed by atoms with van der Waals surface area (Å²) in [5.74, 6) is 0.302. The van der Waals surface area contributed by atoms with E-state index in [1.165, 1.54) is 18.9 Å². The van der Waals surface area contributed by atoms with Crippen LogP contribution in [0.25, 0.3) is 6.08 Å². The summed E-state index contributed by atoms with van der Waals surface area (Å²) in [7, 11) is 0. The quantitative estimate of drug-likeness (QED) is 0.515. The Balaban J connectivity index is 0.00000320. The van der Waals surface area contributed by atoms with Gasteiger partial charge in [-0.15, -0.1) is 0 Å². The van der Waals surface area contributed by atoms with Crippen molar-refractivity contribution >= 4 is 18.0 Å². The van der Waals surface area contributed by atoms with E-state index in [2.05, 4.69) is 5.32 Å². The van der Waals surface area contributed by atoms with Crippen LogP contribution in [0, 0.1) is 12.8 Å². The van der Waals surface area contributed by atoms with Crippen LogP contribution in [0.15, 0.2) is 54.2 Å². The van der Waals surface area contributed by atoms with Gasteiger partial charge in [0.1, 0.15) is 11.5 Å². The van der Waals surface area contributed by atoms with Gasteiger partial charge in [0.25, 0.3) is 0 Å². The number of aryl methyl sites for hydroxylation is 1. The fourth-order valence-electron chi connectivity index (χ4n) is 3.59. The molecule has 1 amide bonds. The first-order chi connectivity index (χ1) is 14.0. The molecule has 0 aromatic heterocycles. The van der Waals surface area contributed by atoms with Gasteiger partial charge < -0.3 is 20.0 Å². The maximum atomic E-state index is 12.1. The van der Waals surface area contributed by atoms with Crippen LogP contribution in [0.4, 0.5) is 0 Å². The van der Waals surface area contributed by atoms with Crippen molar-refractivity contribution in [3.8, 4) is 11.5 Å².